The fourth-order valence-electron chi connectivity index (χ4n) is 2.22. The molecule has 2 aromatic carbocycles. The van der Waals surface area contributed by atoms with E-state index >= 15 is 0 Å². The van der Waals surface area contributed by atoms with Gasteiger partial charge in [0.15, 0.2) is 0 Å². The van der Waals surface area contributed by atoms with Gasteiger partial charge < -0.3 is 4.74 Å². The molecule has 1 aliphatic rings. The van der Waals surface area contributed by atoms with Crippen molar-refractivity contribution in [3.05, 3.63) is 64.4 Å². The maximum absolute atomic E-state index is 13.3. The van der Waals surface area contributed by atoms with Crippen LogP contribution in [0.15, 0.2) is 42.5 Å². The standard InChI is InChI=1S/C16H16ClFN2O/c17-14-9-11(4-7-15(14)18)16(20-19)10-2-1-3-13(8-10)21-12-5-6-12/h1-4,7-9,12,16,20H,5-6,19H2. The van der Waals surface area contributed by atoms with E-state index in [1.807, 2.05) is 24.3 Å². The molecule has 0 spiro atoms. The van der Waals surface area contributed by atoms with Crippen LogP contribution < -0.4 is 16.0 Å². The van der Waals surface area contributed by atoms with E-state index in [4.69, 9.17) is 22.2 Å². The van der Waals surface area contributed by atoms with Gasteiger partial charge in [0, 0.05) is 0 Å². The molecular weight excluding hydrogens is 291 g/mol. The van der Waals surface area contributed by atoms with Crippen molar-refractivity contribution in [3.63, 3.8) is 0 Å². The van der Waals surface area contributed by atoms with Gasteiger partial charge in [0.1, 0.15) is 11.6 Å². The molecular formula is C16H16ClFN2O. The van der Waals surface area contributed by atoms with E-state index in [9.17, 15) is 4.39 Å². The van der Waals surface area contributed by atoms with Crippen LogP contribution in [0.4, 0.5) is 4.39 Å². The second kappa shape index (κ2) is 6.02. The Bertz CT molecular complexity index is 646. The van der Waals surface area contributed by atoms with E-state index in [2.05, 4.69) is 5.43 Å². The number of nitrogens with two attached hydrogens (primary N) is 1. The molecule has 3 nitrogen and oxygen atoms in total. The van der Waals surface area contributed by atoms with Crippen molar-refractivity contribution in [1.82, 2.24) is 5.43 Å². The van der Waals surface area contributed by atoms with Crippen LogP contribution in [0.5, 0.6) is 5.75 Å². The zero-order chi connectivity index (χ0) is 14.8. The summed E-state index contributed by atoms with van der Waals surface area (Å²) in [5.74, 6) is 6.04. The summed E-state index contributed by atoms with van der Waals surface area (Å²) in [6.07, 6.45) is 2.55. The quantitative estimate of drug-likeness (QED) is 0.656. The van der Waals surface area contributed by atoms with E-state index in [0.29, 0.717) is 6.10 Å². The lowest BCUT2D eigenvalue weighted by atomic mass is 9.99. The highest BCUT2D eigenvalue weighted by Gasteiger charge is 2.24. The zero-order valence-electron chi connectivity index (χ0n) is 11.4. The first kappa shape index (κ1) is 14.3. The number of ether oxygens (including phenoxy) is 1. The molecule has 1 fully saturated rings. The van der Waals surface area contributed by atoms with Crippen molar-refractivity contribution < 1.29 is 9.13 Å². The van der Waals surface area contributed by atoms with Crippen LogP contribution in [-0.2, 0) is 0 Å². The van der Waals surface area contributed by atoms with Gasteiger partial charge in [-0.1, -0.05) is 29.8 Å². The number of hydrogen-bond acceptors (Lipinski definition) is 3. The third kappa shape index (κ3) is 3.35. The van der Waals surface area contributed by atoms with Gasteiger partial charge in [-0.25, -0.2) is 9.82 Å². The average Bonchev–Trinajstić information content (AvgIpc) is 3.28. The van der Waals surface area contributed by atoms with Crippen LogP contribution in [0.25, 0.3) is 0 Å². The summed E-state index contributed by atoms with van der Waals surface area (Å²) < 4.78 is 19.1. The minimum atomic E-state index is -0.443. The number of nitrogens with one attached hydrogen (secondary N) is 1. The molecule has 1 unspecified atom stereocenters. The van der Waals surface area contributed by atoms with Crippen molar-refractivity contribution in [3.8, 4) is 5.75 Å². The molecule has 21 heavy (non-hydrogen) atoms. The van der Waals surface area contributed by atoms with E-state index in [0.717, 1.165) is 29.7 Å². The summed E-state index contributed by atoms with van der Waals surface area (Å²) in [4.78, 5) is 0. The first-order valence-electron chi connectivity index (χ1n) is 6.85. The van der Waals surface area contributed by atoms with Crippen molar-refractivity contribution >= 4 is 11.6 Å². The number of halogens is 2. The minimum absolute atomic E-state index is 0.0816. The van der Waals surface area contributed by atoms with Crippen LogP contribution in [0, 0.1) is 5.82 Å². The molecule has 0 amide bonds. The molecule has 3 rings (SSSR count). The Morgan fingerprint density at radius 2 is 1.95 bits per heavy atom. The fraction of sp³-hybridized carbons (Fsp3) is 0.250. The molecule has 0 aliphatic heterocycles. The predicted octanol–water partition coefficient (Wildman–Crippen LogP) is 3.57. The lowest BCUT2D eigenvalue weighted by Crippen LogP contribution is -2.28. The molecule has 0 saturated heterocycles. The SMILES string of the molecule is NNC(c1cccc(OC2CC2)c1)c1ccc(F)c(Cl)c1. The van der Waals surface area contributed by atoms with Crippen molar-refractivity contribution in [2.75, 3.05) is 0 Å². The molecule has 0 bridgehead atoms. The molecule has 110 valence electrons. The Kier molecular flexibility index (Phi) is 4.10. The summed E-state index contributed by atoms with van der Waals surface area (Å²) in [6.45, 7) is 0. The van der Waals surface area contributed by atoms with Gasteiger partial charge in [-0.15, -0.1) is 0 Å². The number of benzene rings is 2. The third-order valence-electron chi connectivity index (χ3n) is 3.46. The van der Waals surface area contributed by atoms with Crippen molar-refractivity contribution in [1.29, 1.82) is 0 Å². The lowest BCUT2D eigenvalue weighted by Gasteiger charge is -2.18. The van der Waals surface area contributed by atoms with Gasteiger partial charge in [-0.05, 0) is 48.2 Å². The zero-order valence-corrected chi connectivity index (χ0v) is 12.1. The molecule has 3 N–H and O–H groups in total. The highest BCUT2D eigenvalue weighted by Crippen LogP contribution is 2.30. The largest absolute Gasteiger partial charge is 0.490 e. The van der Waals surface area contributed by atoms with E-state index < -0.39 is 5.82 Å². The van der Waals surface area contributed by atoms with Gasteiger partial charge in [0.25, 0.3) is 0 Å². The third-order valence-corrected chi connectivity index (χ3v) is 3.75. The first-order chi connectivity index (χ1) is 10.2. The normalized spacial score (nSPS) is 15.8. The van der Waals surface area contributed by atoms with Crippen molar-refractivity contribution in [2.24, 2.45) is 5.84 Å². The van der Waals surface area contributed by atoms with Crippen LogP contribution in [0.2, 0.25) is 5.02 Å². The lowest BCUT2D eigenvalue weighted by molar-refractivity contribution is 0.302. The van der Waals surface area contributed by atoms with Gasteiger partial charge in [0.05, 0.1) is 17.2 Å². The van der Waals surface area contributed by atoms with Gasteiger partial charge in [-0.2, -0.15) is 0 Å². The van der Waals surface area contributed by atoms with Gasteiger partial charge >= 0.3 is 0 Å². The van der Waals surface area contributed by atoms with E-state index in [-0.39, 0.29) is 11.1 Å². The molecule has 0 heterocycles. The minimum Gasteiger partial charge on any atom is -0.490 e. The van der Waals surface area contributed by atoms with Gasteiger partial charge in [0.2, 0.25) is 0 Å². The van der Waals surface area contributed by atoms with E-state index in [1.165, 1.54) is 6.07 Å². The molecule has 5 heteroatoms. The summed E-state index contributed by atoms with van der Waals surface area (Å²) in [7, 11) is 0. The summed E-state index contributed by atoms with van der Waals surface area (Å²) in [5, 5.41) is 0.0816. The number of hydrazine groups is 1. The second-order valence-electron chi connectivity index (χ2n) is 5.16. The topological polar surface area (TPSA) is 47.3 Å². The maximum atomic E-state index is 13.3. The molecule has 1 aliphatic carbocycles. The van der Waals surface area contributed by atoms with Crippen molar-refractivity contribution in [2.45, 2.75) is 25.0 Å². The monoisotopic (exact) mass is 306 g/mol. The average molecular weight is 307 g/mol. The second-order valence-corrected chi connectivity index (χ2v) is 5.57. The Balaban J connectivity index is 1.89. The van der Waals surface area contributed by atoms with Crippen LogP contribution in [-0.4, -0.2) is 6.10 Å². The molecule has 1 saturated carbocycles. The summed E-state index contributed by atoms with van der Waals surface area (Å²) >= 11 is 5.84. The molecule has 2 aromatic rings. The summed E-state index contributed by atoms with van der Waals surface area (Å²) in [6, 6.07) is 12.0. The molecule has 0 aromatic heterocycles. The van der Waals surface area contributed by atoms with Crippen LogP contribution in [0.1, 0.15) is 30.0 Å². The smallest absolute Gasteiger partial charge is 0.141 e. The number of rotatable bonds is 5. The number of hydrogen-bond donors (Lipinski definition) is 2. The highest BCUT2D eigenvalue weighted by atomic mass is 35.5. The van der Waals surface area contributed by atoms with E-state index in [1.54, 1.807) is 12.1 Å². The maximum Gasteiger partial charge on any atom is 0.141 e. The predicted molar refractivity (Wildman–Crippen MR) is 80.7 cm³/mol. The Morgan fingerprint density at radius 3 is 2.62 bits per heavy atom. The molecule has 1 atom stereocenters. The first-order valence-corrected chi connectivity index (χ1v) is 7.23. The molecule has 0 radical (unpaired) electrons. The Morgan fingerprint density at radius 1 is 1.19 bits per heavy atom. The van der Waals surface area contributed by atoms with Crippen LogP contribution in [0.3, 0.4) is 0 Å². The Labute approximate surface area is 127 Å². The van der Waals surface area contributed by atoms with Gasteiger partial charge in [-0.3, -0.25) is 5.84 Å². The Hall–Kier alpha value is -1.62. The highest BCUT2D eigenvalue weighted by molar-refractivity contribution is 6.30. The summed E-state index contributed by atoms with van der Waals surface area (Å²) in [5.41, 5.74) is 4.48. The fourth-order valence-corrected chi connectivity index (χ4v) is 2.41. The van der Waals surface area contributed by atoms with Crippen LogP contribution >= 0.6 is 11.6 Å².